The normalized spacial score (nSPS) is 29.3. The van der Waals surface area contributed by atoms with Gasteiger partial charge >= 0.3 is 12.1 Å². The first-order valence-corrected chi connectivity index (χ1v) is 5.46. The van der Waals surface area contributed by atoms with Gasteiger partial charge in [-0.15, -0.1) is 0 Å². The van der Waals surface area contributed by atoms with Crippen molar-refractivity contribution in [2.24, 2.45) is 5.73 Å². The van der Waals surface area contributed by atoms with E-state index in [4.69, 9.17) is 20.9 Å². The summed E-state index contributed by atoms with van der Waals surface area (Å²) in [5.74, 6) is -2.79. The molecule has 0 aromatic heterocycles. The van der Waals surface area contributed by atoms with Crippen LogP contribution in [-0.4, -0.2) is 46.2 Å². The maximum absolute atomic E-state index is 11.4. The van der Waals surface area contributed by atoms with Gasteiger partial charge in [-0.2, -0.15) is 18.4 Å². The highest BCUT2D eigenvalue weighted by Crippen LogP contribution is 2.32. The van der Waals surface area contributed by atoms with Crippen LogP contribution >= 0.6 is 0 Å². The van der Waals surface area contributed by atoms with E-state index in [1.165, 1.54) is 0 Å². The molecule has 0 aliphatic carbocycles. The van der Waals surface area contributed by atoms with Gasteiger partial charge in [0.1, 0.15) is 6.04 Å². The highest BCUT2D eigenvalue weighted by atomic mass is 19.4. The first-order chi connectivity index (χ1) is 8.68. The zero-order chi connectivity index (χ0) is 14.8. The summed E-state index contributed by atoms with van der Waals surface area (Å²) in [5.41, 5.74) is 5.58. The third kappa shape index (κ3) is 3.35. The standard InChI is InChI=1S/C8H11N3O.C2HF3O2/c9-4-6-2-1-5-3-7(10)8(12)11(5)6;3-2(4,5)1(6)7/h5-7H,1-3,10H2;(H,6,7)/t5-,6-,7+;/m0./s1. The molecular formula is C10H12F3N3O3. The van der Waals surface area contributed by atoms with Gasteiger partial charge in [0.05, 0.1) is 12.1 Å². The summed E-state index contributed by atoms with van der Waals surface area (Å²) in [6.45, 7) is 0. The van der Waals surface area contributed by atoms with Gasteiger partial charge in [-0.05, 0) is 19.3 Å². The minimum Gasteiger partial charge on any atom is -0.475 e. The lowest BCUT2D eigenvalue weighted by Gasteiger charge is -2.18. The van der Waals surface area contributed by atoms with Crippen LogP contribution in [0.1, 0.15) is 19.3 Å². The molecule has 0 aromatic rings. The lowest BCUT2D eigenvalue weighted by Crippen LogP contribution is -2.38. The lowest BCUT2D eigenvalue weighted by molar-refractivity contribution is -0.192. The smallest absolute Gasteiger partial charge is 0.475 e. The van der Waals surface area contributed by atoms with Crippen LogP contribution in [0.3, 0.4) is 0 Å². The van der Waals surface area contributed by atoms with Crippen LogP contribution in [0.25, 0.3) is 0 Å². The number of nitrogens with zero attached hydrogens (tertiary/aromatic N) is 2. The number of carbonyl (C=O) groups excluding carboxylic acids is 1. The zero-order valence-electron chi connectivity index (χ0n) is 9.72. The molecule has 0 bridgehead atoms. The van der Waals surface area contributed by atoms with E-state index < -0.39 is 12.1 Å². The number of alkyl halides is 3. The monoisotopic (exact) mass is 279 g/mol. The van der Waals surface area contributed by atoms with Crippen molar-refractivity contribution in [3.05, 3.63) is 0 Å². The van der Waals surface area contributed by atoms with Gasteiger partial charge in [0, 0.05) is 6.04 Å². The third-order valence-electron chi connectivity index (χ3n) is 2.99. The summed E-state index contributed by atoms with van der Waals surface area (Å²) < 4.78 is 31.7. The molecule has 3 N–H and O–H groups in total. The molecule has 0 spiro atoms. The summed E-state index contributed by atoms with van der Waals surface area (Å²) in [4.78, 5) is 22.0. The van der Waals surface area contributed by atoms with Crippen LogP contribution in [0.5, 0.6) is 0 Å². The van der Waals surface area contributed by atoms with E-state index >= 15 is 0 Å². The fourth-order valence-electron chi connectivity index (χ4n) is 2.16. The Bertz CT molecular complexity index is 418. The van der Waals surface area contributed by atoms with Crippen molar-refractivity contribution in [3.8, 4) is 6.07 Å². The molecule has 3 atom stereocenters. The van der Waals surface area contributed by atoms with Crippen LogP contribution < -0.4 is 5.73 Å². The molecule has 0 unspecified atom stereocenters. The van der Waals surface area contributed by atoms with Gasteiger partial charge in [-0.3, -0.25) is 4.79 Å². The summed E-state index contributed by atoms with van der Waals surface area (Å²) in [6, 6.07) is 1.82. The molecule has 19 heavy (non-hydrogen) atoms. The quantitative estimate of drug-likeness (QED) is 0.660. The molecule has 106 valence electrons. The van der Waals surface area contributed by atoms with E-state index in [1.54, 1.807) is 4.90 Å². The largest absolute Gasteiger partial charge is 0.490 e. The fraction of sp³-hybridized carbons (Fsp3) is 0.700. The number of hydrogen-bond acceptors (Lipinski definition) is 4. The molecule has 0 aromatic carbocycles. The molecule has 6 nitrogen and oxygen atoms in total. The van der Waals surface area contributed by atoms with Crippen molar-refractivity contribution in [2.45, 2.75) is 43.6 Å². The van der Waals surface area contributed by atoms with Crippen molar-refractivity contribution in [1.29, 1.82) is 5.26 Å². The van der Waals surface area contributed by atoms with E-state index in [0.717, 1.165) is 19.3 Å². The van der Waals surface area contributed by atoms with Crippen molar-refractivity contribution in [3.63, 3.8) is 0 Å². The summed E-state index contributed by atoms with van der Waals surface area (Å²) >= 11 is 0. The number of carboxylic acids is 1. The highest BCUT2D eigenvalue weighted by molar-refractivity contribution is 5.85. The lowest BCUT2D eigenvalue weighted by atomic mass is 10.1. The maximum atomic E-state index is 11.4. The number of fused-ring (bicyclic) bond motifs is 1. The predicted octanol–water partition coefficient (Wildman–Crippen LogP) is 0.234. The number of nitriles is 1. The number of aliphatic carboxylic acids is 1. The molecule has 2 saturated heterocycles. The number of rotatable bonds is 0. The molecule has 0 radical (unpaired) electrons. The molecule has 0 saturated carbocycles. The van der Waals surface area contributed by atoms with E-state index in [-0.39, 0.29) is 24.0 Å². The van der Waals surface area contributed by atoms with Gasteiger partial charge in [-0.25, -0.2) is 4.79 Å². The number of amides is 1. The van der Waals surface area contributed by atoms with Gasteiger partial charge in [0.25, 0.3) is 0 Å². The van der Waals surface area contributed by atoms with Crippen molar-refractivity contribution < 1.29 is 27.9 Å². The first kappa shape index (κ1) is 15.2. The Labute approximate surface area is 106 Å². The third-order valence-corrected chi connectivity index (χ3v) is 2.99. The van der Waals surface area contributed by atoms with E-state index in [1.807, 2.05) is 0 Å². The Hall–Kier alpha value is -1.82. The Morgan fingerprint density at radius 1 is 1.47 bits per heavy atom. The van der Waals surface area contributed by atoms with Gasteiger partial charge in [-0.1, -0.05) is 0 Å². The minimum absolute atomic E-state index is 0.0379. The van der Waals surface area contributed by atoms with Crippen molar-refractivity contribution in [1.82, 2.24) is 4.90 Å². The van der Waals surface area contributed by atoms with Gasteiger partial charge in [0.2, 0.25) is 5.91 Å². The SMILES string of the molecule is N#C[C@@H]1CC[C@H]2C[C@@H](N)C(=O)N21.O=C(O)C(F)(F)F. The Balaban J connectivity index is 0.000000224. The molecule has 9 heteroatoms. The molecular weight excluding hydrogens is 267 g/mol. The van der Waals surface area contributed by atoms with Gasteiger partial charge < -0.3 is 15.7 Å². The Kier molecular flexibility index (Phi) is 4.36. The molecule has 2 rings (SSSR count). The van der Waals surface area contributed by atoms with Crippen molar-refractivity contribution in [2.75, 3.05) is 0 Å². The van der Waals surface area contributed by atoms with Crippen LogP contribution in [-0.2, 0) is 9.59 Å². The summed E-state index contributed by atoms with van der Waals surface area (Å²) in [7, 11) is 0. The Morgan fingerprint density at radius 2 is 2.00 bits per heavy atom. The van der Waals surface area contributed by atoms with Crippen LogP contribution in [0.15, 0.2) is 0 Å². The van der Waals surface area contributed by atoms with Crippen LogP contribution in [0.2, 0.25) is 0 Å². The van der Waals surface area contributed by atoms with E-state index in [9.17, 15) is 18.0 Å². The number of carbonyl (C=O) groups is 2. The molecule has 2 aliphatic heterocycles. The average Bonchev–Trinajstić information content (AvgIpc) is 2.80. The van der Waals surface area contributed by atoms with E-state index in [0.29, 0.717) is 0 Å². The van der Waals surface area contributed by atoms with Crippen LogP contribution in [0.4, 0.5) is 13.2 Å². The number of nitrogens with two attached hydrogens (primary N) is 1. The minimum atomic E-state index is -5.08. The Morgan fingerprint density at radius 3 is 2.42 bits per heavy atom. The summed E-state index contributed by atoms with van der Waals surface area (Å²) in [5, 5.41) is 15.9. The number of halogens is 3. The predicted molar refractivity (Wildman–Crippen MR) is 55.6 cm³/mol. The highest BCUT2D eigenvalue weighted by Gasteiger charge is 2.45. The second-order valence-electron chi connectivity index (χ2n) is 4.27. The maximum Gasteiger partial charge on any atom is 0.490 e. The van der Waals surface area contributed by atoms with Crippen LogP contribution in [0, 0.1) is 11.3 Å². The molecule has 2 fully saturated rings. The molecule has 2 aliphatic rings. The topological polar surface area (TPSA) is 107 Å². The van der Waals surface area contributed by atoms with E-state index in [2.05, 4.69) is 6.07 Å². The fourth-order valence-corrected chi connectivity index (χ4v) is 2.16. The average molecular weight is 279 g/mol. The second-order valence-corrected chi connectivity index (χ2v) is 4.27. The summed E-state index contributed by atoms with van der Waals surface area (Å²) in [6.07, 6.45) is -2.59. The zero-order valence-corrected chi connectivity index (χ0v) is 9.72. The molecule has 2 heterocycles. The molecule has 1 amide bonds. The second kappa shape index (κ2) is 5.44. The number of hydrogen-bond donors (Lipinski definition) is 2. The number of carboxylic acid groups (broad SMARTS) is 1. The van der Waals surface area contributed by atoms with Gasteiger partial charge in [0.15, 0.2) is 0 Å². The first-order valence-electron chi connectivity index (χ1n) is 5.46. The van der Waals surface area contributed by atoms with Crippen molar-refractivity contribution >= 4 is 11.9 Å².